The third-order valence-electron chi connectivity index (χ3n) is 5.39. The Labute approximate surface area is 200 Å². The number of para-hydroxylation sites is 4. The number of aliphatic carboxylic acids is 1. The summed E-state index contributed by atoms with van der Waals surface area (Å²) in [6.45, 7) is 3.38. The van der Waals surface area contributed by atoms with Crippen molar-refractivity contribution < 1.29 is 38.3 Å². The molecule has 34 heavy (non-hydrogen) atoms. The largest absolute Gasteiger partial charge is 0.487 e. The highest BCUT2D eigenvalue weighted by Gasteiger charge is 2.35. The summed E-state index contributed by atoms with van der Waals surface area (Å²) in [5.41, 5.74) is -0.978. The molecule has 0 radical (unpaired) electrons. The van der Waals surface area contributed by atoms with Crippen molar-refractivity contribution in [2.24, 2.45) is 0 Å². The molecule has 1 N–H and O–H groups in total. The summed E-state index contributed by atoms with van der Waals surface area (Å²) in [6, 6.07) is 14.7. The van der Waals surface area contributed by atoms with E-state index in [1.54, 1.807) is 0 Å². The molecule has 0 unspecified atom stereocenters. The first-order valence-electron chi connectivity index (χ1n) is 11.7. The highest BCUT2D eigenvalue weighted by molar-refractivity contribution is 5.68. The maximum Gasteiger partial charge on any atom is 0.329 e. The maximum absolute atomic E-state index is 11.4. The third kappa shape index (κ3) is 8.11. The van der Waals surface area contributed by atoms with Gasteiger partial charge in [-0.1, -0.05) is 50.5 Å². The van der Waals surface area contributed by atoms with Crippen molar-refractivity contribution in [2.75, 3.05) is 46.2 Å². The molecule has 0 bridgehead atoms. The molecule has 0 amide bonds. The van der Waals surface area contributed by atoms with Crippen molar-refractivity contribution in [1.82, 2.24) is 0 Å². The van der Waals surface area contributed by atoms with Crippen LogP contribution < -0.4 is 18.9 Å². The van der Waals surface area contributed by atoms with Crippen LogP contribution in [0, 0.1) is 0 Å². The zero-order valence-corrected chi connectivity index (χ0v) is 19.7. The number of hydrogen-bond donors (Lipinski definition) is 1. The zero-order chi connectivity index (χ0) is 24.1. The van der Waals surface area contributed by atoms with Gasteiger partial charge < -0.3 is 33.5 Å². The van der Waals surface area contributed by atoms with Crippen molar-refractivity contribution in [2.45, 2.75) is 38.2 Å². The van der Waals surface area contributed by atoms with E-state index >= 15 is 0 Å². The zero-order valence-electron chi connectivity index (χ0n) is 19.7. The van der Waals surface area contributed by atoms with Gasteiger partial charge in [0, 0.05) is 0 Å². The predicted octanol–water partition coefficient (Wildman–Crippen LogP) is 4.35. The number of carbonyl (C=O) groups is 1. The van der Waals surface area contributed by atoms with Crippen LogP contribution in [0.1, 0.15) is 32.6 Å². The Morgan fingerprint density at radius 3 is 1.79 bits per heavy atom. The van der Waals surface area contributed by atoms with Gasteiger partial charge in [0.15, 0.2) is 23.0 Å². The van der Waals surface area contributed by atoms with Crippen LogP contribution in [0.3, 0.4) is 0 Å². The van der Waals surface area contributed by atoms with E-state index in [-0.39, 0.29) is 13.2 Å². The molecule has 1 aliphatic rings. The lowest BCUT2D eigenvalue weighted by Gasteiger charge is -2.33. The van der Waals surface area contributed by atoms with E-state index in [0.29, 0.717) is 55.8 Å². The molecule has 1 aliphatic heterocycles. The predicted molar refractivity (Wildman–Crippen MR) is 126 cm³/mol. The summed E-state index contributed by atoms with van der Waals surface area (Å²) in [5, 5.41) is 9.32. The lowest BCUT2D eigenvalue weighted by Crippen LogP contribution is -2.46. The van der Waals surface area contributed by atoms with Crippen LogP contribution in [0.5, 0.6) is 23.0 Å². The average molecular weight is 475 g/mol. The molecular formula is C26H34O8. The van der Waals surface area contributed by atoms with E-state index in [1.807, 2.05) is 48.5 Å². The van der Waals surface area contributed by atoms with Crippen molar-refractivity contribution in [3.05, 3.63) is 48.5 Å². The van der Waals surface area contributed by atoms with Gasteiger partial charge in [-0.2, -0.15) is 0 Å². The van der Waals surface area contributed by atoms with E-state index in [9.17, 15) is 9.90 Å². The Balaban J connectivity index is 1.89. The number of benzene rings is 2. The van der Waals surface area contributed by atoms with Crippen LogP contribution >= 0.6 is 0 Å². The Bertz CT molecular complexity index is 829. The number of carboxylic acid groups (broad SMARTS) is 1. The van der Waals surface area contributed by atoms with Crippen LogP contribution in [0.4, 0.5) is 0 Å². The molecular weight excluding hydrogens is 440 g/mol. The minimum atomic E-state index is -1.05. The van der Waals surface area contributed by atoms with Gasteiger partial charge in [-0.3, -0.25) is 0 Å². The first-order valence-corrected chi connectivity index (χ1v) is 11.7. The summed E-state index contributed by atoms with van der Waals surface area (Å²) in [7, 11) is 0. The lowest BCUT2D eigenvalue weighted by molar-refractivity contribution is -0.156. The fourth-order valence-electron chi connectivity index (χ4n) is 3.57. The monoisotopic (exact) mass is 474 g/mol. The van der Waals surface area contributed by atoms with Crippen LogP contribution in [-0.2, 0) is 14.3 Å². The molecule has 0 saturated heterocycles. The molecule has 2 aromatic carbocycles. The quantitative estimate of drug-likeness (QED) is 0.592. The molecule has 0 fully saturated rings. The summed E-state index contributed by atoms with van der Waals surface area (Å²) in [5.74, 6) is 1.23. The molecule has 2 aromatic rings. The normalized spacial score (nSPS) is 16.5. The second-order valence-electron chi connectivity index (χ2n) is 8.10. The fourth-order valence-corrected chi connectivity index (χ4v) is 3.57. The maximum atomic E-state index is 11.4. The molecule has 1 heterocycles. The topological polar surface area (TPSA) is 92.7 Å². The number of ether oxygens (including phenoxy) is 6. The Morgan fingerprint density at radius 2 is 1.32 bits per heavy atom. The first kappa shape index (κ1) is 25.6. The minimum absolute atomic E-state index is 0.101. The summed E-state index contributed by atoms with van der Waals surface area (Å²) < 4.78 is 35.6. The van der Waals surface area contributed by atoms with Crippen molar-refractivity contribution >= 4 is 5.97 Å². The molecule has 0 spiro atoms. The van der Waals surface area contributed by atoms with Crippen LogP contribution in [0.15, 0.2) is 48.5 Å². The first-order chi connectivity index (χ1) is 16.6. The molecule has 186 valence electrons. The number of hydrogen-bond acceptors (Lipinski definition) is 7. The number of rotatable bonds is 7. The summed E-state index contributed by atoms with van der Waals surface area (Å²) >= 11 is 0. The van der Waals surface area contributed by atoms with Gasteiger partial charge in [-0.15, -0.1) is 0 Å². The minimum Gasteiger partial charge on any atom is -0.487 e. The highest BCUT2D eigenvalue weighted by atomic mass is 16.6. The standard InChI is InChI=1S/C26H34O8/c1-2-3-8-13-26(34-18-25(27)28)19-32-23-11-6-4-9-21(23)30-16-14-29-15-17-31-22-10-5-7-12-24(22)33-20-26/h4-7,9-12H,2-3,8,13-20H2,1H3,(H,27,28). The Hall–Kier alpha value is -2.97. The number of carboxylic acids is 1. The second kappa shape index (κ2) is 13.7. The molecule has 3 rings (SSSR count). The smallest absolute Gasteiger partial charge is 0.329 e. The summed E-state index contributed by atoms with van der Waals surface area (Å²) in [6.07, 6.45) is 3.42. The van der Waals surface area contributed by atoms with Crippen molar-refractivity contribution in [3.63, 3.8) is 0 Å². The Morgan fingerprint density at radius 1 is 0.824 bits per heavy atom. The van der Waals surface area contributed by atoms with Crippen molar-refractivity contribution in [3.8, 4) is 23.0 Å². The fraction of sp³-hybridized carbons (Fsp3) is 0.500. The molecule has 0 atom stereocenters. The average Bonchev–Trinajstić information content (AvgIpc) is 2.85. The van der Waals surface area contributed by atoms with Gasteiger partial charge in [0.05, 0.1) is 13.2 Å². The molecule has 0 saturated carbocycles. The van der Waals surface area contributed by atoms with Gasteiger partial charge in [0.2, 0.25) is 0 Å². The van der Waals surface area contributed by atoms with E-state index in [1.165, 1.54) is 0 Å². The van der Waals surface area contributed by atoms with E-state index < -0.39 is 18.2 Å². The lowest BCUT2D eigenvalue weighted by atomic mass is 9.97. The van der Waals surface area contributed by atoms with E-state index in [2.05, 4.69) is 6.92 Å². The molecule has 0 aromatic heterocycles. The van der Waals surface area contributed by atoms with Crippen LogP contribution in [0.25, 0.3) is 0 Å². The highest BCUT2D eigenvalue weighted by Crippen LogP contribution is 2.32. The number of unbranched alkanes of at least 4 members (excludes halogenated alkanes) is 2. The van der Waals surface area contributed by atoms with Crippen LogP contribution in [0.2, 0.25) is 0 Å². The summed E-state index contributed by atoms with van der Waals surface area (Å²) in [4.78, 5) is 11.4. The molecule has 8 heteroatoms. The van der Waals surface area contributed by atoms with E-state index in [0.717, 1.165) is 19.3 Å². The van der Waals surface area contributed by atoms with E-state index in [4.69, 9.17) is 28.4 Å². The van der Waals surface area contributed by atoms with Gasteiger partial charge in [-0.25, -0.2) is 4.79 Å². The van der Waals surface area contributed by atoms with Gasteiger partial charge in [-0.05, 0) is 30.7 Å². The molecule has 0 aliphatic carbocycles. The third-order valence-corrected chi connectivity index (χ3v) is 5.39. The van der Waals surface area contributed by atoms with Gasteiger partial charge in [0.1, 0.15) is 38.6 Å². The number of fused-ring (bicyclic) bond motifs is 2. The SMILES string of the molecule is CCCCCC1(OCC(=O)O)COc2ccccc2OCCOCCOc2ccccc2OC1. The van der Waals surface area contributed by atoms with Crippen LogP contribution in [-0.4, -0.2) is 62.9 Å². The van der Waals surface area contributed by atoms with Crippen molar-refractivity contribution in [1.29, 1.82) is 0 Å². The van der Waals surface area contributed by atoms with Gasteiger partial charge >= 0.3 is 5.97 Å². The van der Waals surface area contributed by atoms with Gasteiger partial charge in [0.25, 0.3) is 0 Å². The second-order valence-corrected chi connectivity index (χ2v) is 8.10. The Kier molecular flexibility index (Phi) is 10.3. The molecule has 8 nitrogen and oxygen atoms in total.